The third kappa shape index (κ3) is 4.63. The minimum Gasteiger partial charge on any atom is -0.475 e. The average molecular weight is 292 g/mol. The number of nitriles is 1. The molecule has 6 nitrogen and oxygen atoms in total. The van der Waals surface area contributed by atoms with E-state index in [1.54, 1.807) is 4.90 Å². The Labute approximate surface area is 124 Å². The van der Waals surface area contributed by atoms with Crippen molar-refractivity contribution in [1.82, 2.24) is 4.90 Å². The molecule has 1 unspecified atom stereocenters. The van der Waals surface area contributed by atoms with E-state index in [-0.39, 0.29) is 23.8 Å². The van der Waals surface area contributed by atoms with Crippen molar-refractivity contribution < 1.29 is 19.1 Å². The van der Waals surface area contributed by atoms with E-state index in [2.05, 4.69) is 0 Å². The number of carbonyl (C=O) groups is 2. The topological polar surface area (TPSA) is 94.5 Å². The zero-order valence-electron chi connectivity index (χ0n) is 12.3. The van der Waals surface area contributed by atoms with Crippen molar-refractivity contribution in [1.29, 1.82) is 5.26 Å². The van der Waals surface area contributed by atoms with Gasteiger partial charge < -0.3 is 14.4 Å². The van der Waals surface area contributed by atoms with Crippen LogP contribution in [-0.4, -0.2) is 35.0 Å². The number of nitrogens with zero attached hydrogens (tertiary/aromatic N) is 2. The summed E-state index contributed by atoms with van der Waals surface area (Å²) in [5.41, 5.74) is 0. The van der Waals surface area contributed by atoms with Crippen LogP contribution in [0.1, 0.15) is 55.3 Å². The Hall–Kier alpha value is -2.29. The Morgan fingerprint density at radius 1 is 1.33 bits per heavy atom. The lowest BCUT2D eigenvalue weighted by Gasteiger charge is -2.22. The predicted octanol–water partition coefficient (Wildman–Crippen LogP) is 2.62. The quantitative estimate of drug-likeness (QED) is 0.794. The van der Waals surface area contributed by atoms with Crippen LogP contribution in [0.2, 0.25) is 0 Å². The van der Waals surface area contributed by atoms with Crippen LogP contribution in [0.5, 0.6) is 0 Å². The minimum absolute atomic E-state index is 0.00305. The van der Waals surface area contributed by atoms with Crippen LogP contribution in [-0.2, 0) is 4.79 Å². The molecule has 1 aromatic rings. The van der Waals surface area contributed by atoms with Gasteiger partial charge in [0.2, 0.25) is 11.7 Å². The van der Waals surface area contributed by atoms with Crippen molar-refractivity contribution in [2.45, 2.75) is 39.0 Å². The Bertz CT molecular complexity index is 524. The molecule has 1 atom stereocenters. The van der Waals surface area contributed by atoms with Gasteiger partial charge >= 0.3 is 5.97 Å². The summed E-state index contributed by atoms with van der Waals surface area (Å²) in [5.74, 6) is -2.07. The second-order valence-electron chi connectivity index (χ2n) is 4.77. The summed E-state index contributed by atoms with van der Waals surface area (Å²) in [7, 11) is 0. The molecule has 6 heteroatoms. The molecule has 114 valence electrons. The number of rotatable bonds is 8. The van der Waals surface area contributed by atoms with Gasteiger partial charge in [-0.1, -0.05) is 13.8 Å². The maximum Gasteiger partial charge on any atom is 0.371 e. The summed E-state index contributed by atoms with van der Waals surface area (Å²) < 4.78 is 5.11. The summed E-state index contributed by atoms with van der Waals surface area (Å²) in [5, 5.41) is 18.0. The molecule has 0 fully saturated rings. The third-order valence-corrected chi connectivity index (χ3v) is 3.06. The first-order valence-electron chi connectivity index (χ1n) is 7.03. The number of carbonyl (C=O) groups excluding carboxylic acids is 1. The second kappa shape index (κ2) is 8.10. The van der Waals surface area contributed by atoms with Crippen LogP contribution in [0.3, 0.4) is 0 Å². The monoisotopic (exact) mass is 292 g/mol. The number of hydrogen-bond donors (Lipinski definition) is 1. The van der Waals surface area contributed by atoms with Gasteiger partial charge in [0.15, 0.2) is 0 Å². The first-order valence-corrected chi connectivity index (χ1v) is 7.03. The molecule has 0 aliphatic carbocycles. The summed E-state index contributed by atoms with van der Waals surface area (Å²) in [6.07, 6.45) is 1.71. The van der Waals surface area contributed by atoms with Crippen molar-refractivity contribution >= 4 is 11.9 Å². The molecule has 1 rings (SSSR count). The Balaban J connectivity index is 2.78. The third-order valence-electron chi connectivity index (χ3n) is 3.06. The van der Waals surface area contributed by atoms with Gasteiger partial charge in [-0.2, -0.15) is 5.26 Å². The number of carboxylic acid groups (broad SMARTS) is 1. The lowest BCUT2D eigenvalue weighted by atomic mass is 10.0. The summed E-state index contributed by atoms with van der Waals surface area (Å²) in [6.45, 7) is 5.29. The van der Waals surface area contributed by atoms with Crippen LogP contribution in [0, 0.1) is 11.3 Å². The van der Waals surface area contributed by atoms with Gasteiger partial charge in [0, 0.05) is 19.5 Å². The fraction of sp³-hybridized carbons (Fsp3) is 0.533. The maximum absolute atomic E-state index is 12.2. The molecule has 0 saturated carbocycles. The van der Waals surface area contributed by atoms with Gasteiger partial charge in [0.25, 0.3) is 0 Å². The zero-order valence-corrected chi connectivity index (χ0v) is 12.3. The smallest absolute Gasteiger partial charge is 0.371 e. The van der Waals surface area contributed by atoms with Crippen molar-refractivity contribution in [3.8, 4) is 6.07 Å². The van der Waals surface area contributed by atoms with E-state index < -0.39 is 11.9 Å². The molecule has 0 radical (unpaired) electrons. The molecule has 1 aromatic heterocycles. The fourth-order valence-corrected chi connectivity index (χ4v) is 2.07. The molecular weight excluding hydrogens is 272 g/mol. The number of aromatic carboxylic acids is 1. The molecule has 0 bridgehead atoms. The molecular formula is C15H20N2O4. The maximum atomic E-state index is 12.2. The van der Waals surface area contributed by atoms with E-state index in [1.807, 2.05) is 19.9 Å². The second-order valence-corrected chi connectivity index (χ2v) is 4.77. The first kappa shape index (κ1) is 16.8. The summed E-state index contributed by atoms with van der Waals surface area (Å²) in [4.78, 5) is 24.7. The molecule has 0 spiro atoms. The Kier molecular flexibility index (Phi) is 6.47. The highest BCUT2D eigenvalue weighted by molar-refractivity contribution is 5.84. The van der Waals surface area contributed by atoms with Crippen molar-refractivity contribution in [3.05, 3.63) is 23.7 Å². The van der Waals surface area contributed by atoms with Gasteiger partial charge in [0.1, 0.15) is 11.7 Å². The normalized spacial score (nSPS) is 11.7. The van der Waals surface area contributed by atoms with Gasteiger partial charge in [-0.25, -0.2) is 4.79 Å². The van der Waals surface area contributed by atoms with Crippen LogP contribution in [0.15, 0.2) is 16.5 Å². The van der Waals surface area contributed by atoms with E-state index >= 15 is 0 Å². The van der Waals surface area contributed by atoms with E-state index in [1.165, 1.54) is 12.1 Å². The Morgan fingerprint density at radius 3 is 2.38 bits per heavy atom. The molecule has 0 saturated heterocycles. The van der Waals surface area contributed by atoms with Crippen LogP contribution in [0.4, 0.5) is 0 Å². The zero-order chi connectivity index (χ0) is 15.8. The molecule has 0 aromatic carbocycles. The number of hydrogen-bond acceptors (Lipinski definition) is 4. The molecule has 1 N–H and O–H groups in total. The highest BCUT2D eigenvalue weighted by Gasteiger charge is 2.23. The predicted molar refractivity (Wildman–Crippen MR) is 75.8 cm³/mol. The summed E-state index contributed by atoms with van der Waals surface area (Å²) in [6, 6.07) is 4.74. The first-order chi connectivity index (χ1) is 10.0. The number of carboxylic acids is 1. The van der Waals surface area contributed by atoms with E-state index in [4.69, 9.17) is 9.52 Å². The van der Waals surface area contributed by atoms with Crippen LogP contribution >= 0.6 is 0 Å². The van der Waals surface area contributed by atoms with Gasteiger partial charge in [0.05, 0.1) is 6.07 Å². The lowest BCUT2D eigenvalue weighted by Crippen LogP contribution is -2.33. The van der Waals surface area contributed by atoms with Gasteiger partial charge in [-0.15, -0.1) is 0 Å². The number of furan rings is 1. The molecule has 21 heavy (non-hydrogen) atoms. The highest BCUT2D eigenvalue weighted by atomic mass is 16.4. The number of amides is 1. The SMILES string of the molecule is CCCN(CCC)C(=O)CC(C#N)c1ccc(C(=O)O)o1. The van der Waals surface area contributed by atoms with Crippen LogP contribution < -0.4 is 0 Å². The molecule has 1 amide bonds. The van der Waals surface area contributed by atoms with Crippen molar-refractivity contribution in [2.24, 2.45) is 0 Å². The standard InChI is InChI=1S/C15H20N2O4/c1-3-7-17(8-4-2)14(18)9-11(10-16)12-5-6-13(21-12)15(19)20/h5-6,11H,3-4,7-9H2,1-2H3,(H,19,20). The lowest BCUT2D eigenvalue weighted by molar-refractivity contribution is -0.131. The average Bonchev–Trinajstić information content (AvgIpc) is 2.94. The fourth-order valence-electron chi connectivity index (χ4n) is 2.07. The van der Waals surface area contributed by atoms with E-state index in [0.29, 0.717) is 13.1 Å². The highest BCUT2D eigenvalue weighted by Crippen LogP contribution is 2.22. The molecule has 0 aliphatic rings. The van der Waals surface area contributed by atoms with Gasteiger partial charge in [-0.3, -0.25) is 4.79 Å². The van der Waals surface area contributed by atoms with Gasteiger partial charge in [-0.05, 0) is 25.0 Å². The minimum atomic E-state index is -1.19. The largest absolute Gasteiger partial charge is 0.475 e. The molecule has 1 heterocycles. The Morgan fingerprint density at radius 2 is 1.95 bits per heavy atom. The van der Waals surface area contributed by atoms with E-state index in [0.717, 1.165) is 12.8 Å². The summed E-state index contributed by atoms with van der Waals surface area (Å²) >= 11 is 0. The molecule has 0 aliphatic heterocycles. The van der Waals surface area contributed by atoms with Crippen molar-refractivity contribution in [2.75, 3.05) is 13.1 Å². The van der Waals surface area contributed by atoms with E-state index in [9.17, 15) is 14.9 Å². The van der Waals surface area contributed by atoms with Crippen LogP contribution in [0.25, 0.3) is 0 Å². The van der Waals surface area contributed by atoms with Crippen molar-refractivity contribution in [3.63, 3.8) is 0 Å².